The fourth-order valence-electron chi connectivity index (χ4n) is 0.918. The number of aldehydes is 1. The molecule has 74 valence electrons. The Labute approximate surface area is 77.5 Å². The van der Waals surface area contributed by atoms with Crippen LogP contribution in [0.5, 0.6) is 0 Å². The van der Waals surface area contributed by atoms with Gasteiger partial charge in [-0.1, -0.05) is 5.92 Å². The number of alkyl halides is 3. The number of carbonyl (C=O) groups is 1. The first-order valence-corrected chi connectivity index (χ1v) is 3.52. The SMILES string of the molecule is C#CCn1cc(C=O)c(C(F)(F)F)n1. The van der Waals surface area contributed by atoms with Crippen molar-refractivity contribution >= 4 is 6.29 Å². The maximum atomic E-state index is 12.2. The quantitative estimate of drug-likeness (QED) is 0.536. The lowest BCUT2D eigenvalue weighted by Gasteiger charge is -2.01. The van der Waals surface area contributed by atoms with E-state index in [1.807, 2.05) is 0 Å². The van der Waals surface area contributed by atoms with Crippen LogP contribution in [0.2, 0.25) is 0 Å². The average molecular weight is 202 g/mol. The first-order chi connectivity index (χ1) is 6.49. The lowest BCUT2D eigenvalue weighted by molar-refractivity contribution is -0.141. The Balaban J connectivity index is 3.17. The zero-order valence-electron chi connectivity index (χ0n) is 6.88. The van der Waals surface area contributed by atoms with Gasteiger partial charge in [0.15, 0.2) is 12.0 Å². The van der Waals surface area contributed by atoms with Crippen molar-refractivity contribution < 1.29 is 18.0 Å². The maximum Gasteiger partial charge on any atom is 0.435 e. The molecule has 0 spiro atoms. The van der Waals surface area contributed by atoms with Crippen LogP contribution >= 0.6 is 0 Å². The number of nitrogens with zero attached hydrogens (tertiary/aromatic N) is 2. The molecule has 0 saturated carbocycles. The van der Waals surface area contributed by atoms with E-state index in [1.165, 1.54) is 0 Å². The normalized spacial score (nSPS) is 11.0. The van der Waals surface area contributed by atoms with Crippen molar-refractivity contribution in [3.05, 3.63) is 17.5 Å². The number of hydrogen-bond acceptors (Lipinski definition) is 2. The van der Waals surface area contributed by atoms with E-state index in [4.69, 9.17) is 6.42 Å². The first-order valence-electron chi connectivity index (χ1n) is 3.52. The lowest BCUT2D eigenvalue weighted by atomic mass is 10.3. The summed E-state index contributed by atoms with van der Waals surface area (Å²) in [7, 11) is 0. The second-order valence-electron chi connectivity index (χ2n) is 2.45. The lowest BCUT2D eigenvalue weighted by Crippen LogP contribution is -2.09. The molecule has 0 atom stereocenters. The van der Waals surface area contributed by atoms with Crippen LogP contribution in [0.25, 0.3) is 0 Å². The van der Waals surface area contributed by atoms with Gasteiger partial charge in [-0.2, -0.15) is 18.3 Å². The largest absolute Gasteiger partial charge is 0.435 e. The Hall–Kier alpha value is -1.77. The van der Waals surface area contributed by atoms with Crippen LogP contribution in [0.1, 0.15) is 16.1 Å². The molecule has 14 heavy (non-hydrogen) atoms. The van der Waals surface area contributed by atoms with Crippen molar-refractivity contribution in [3.63, 3.8) is 0 Å². The van der Waals surface area contributed by atoms with Gasteiger partial charge in [0.1, 0.15) is 6.54 Å². The summed E-state index contributed by atoms with van der Waals surface area (Å²) in [5, 5.41) is 3.16. The van der Waals surface area contributed by atoms with Crippen LogP contribution in [0.15, 0.2) is 6.20 Å². The van der Waals surface area contributed by atoms with Gasteiger partial charge in [0.05, 0.1) is 5.56 Å². The first kappa shape index (κ1) is 10.3. The molecule has 1 rings (SSSR count). The topological polar surface area (TPSA) is 34.9 Å². The van der Waals surface area contributed by atoms with Crippen LogP contribution in [0.3, 0.4) is 0 Å². The second-order valence-corrected chi connectivity index (χ2v) is 2.45. The van der Waals surface area contributed by atoms with E-state index >= 15 is 0 Å². The molecule has 0 unspecified atom stereocenters. The number of carbonyl (C=O) groups excluding carboxylic acids is 1. The standard InChI is InChI=1S/C8H5F3N2O/c1-2-3-13-4-6(5-14)7(12-13)8(9,10)11/h1,4-5H,3H2. The molecule has 0 bridgehead atoms. The van der Waals surface area contributed by atoms with Gasteiger partial charge in [0.25, 0.3) is 0 Å². The molecule has 6 heteroatoms. The Bertz CT molecular complexity index is 386. The summed E-state index contributed by atoms with van der Waals surface area (Å²) in [5.41, 5.74) is -1.71. The summed E-state index contributed by atoms with van der Waals surface area (Å²) in [6, 6.07) is 0. The van der Waals surface area contributed by atoms with E-state index < -0.39 is 17.4 Å². The minimum absolute atomic E-state index is 0.100. The Morgan fingerprint density at radius 1 is 1.64 bits per heavy atom. The molecule has 0 aliphatic carbocycles. The molecule has 1 aromatic heterocycles. The zero-order valence-corrected chi connectivity index (χ0v) is 6.88. The van der Waals surface area contributed by atoms with Gasteiger partial charge >= 0.3 is 6.18 Å². The van der Waals surface area contributed by atoms with Crippen molar-refractivity contribution in [1.29, 1.82) is 0 Å². The number of halogens is 3. The summed E-state index contributed by atoms with van der Waals surface area (Å²) in [4.78, 5) is 10.3. The number of rotatable bonds is 2. The van der Waals surface area contributed by atoms with Crippen LogP contribution in [-0.4, -0.2) is 16.1 Å². The van der Waals surface area contributed by atoms with Crippen molar-refractivity contribution in [2.45, 2.75) is 12.7 Å². The second kappa shape index (κ2) is 3.54. The van der Waals surface area contributed by atoms with Gasteiger partial charge in [-0.05, 0) is 0 Å². The van der Waals surface area contributed by atoms with Crippen LogP contribution in [-0.2, 0) is 12.7 Å². The maximum absolute atomic E-state index is 12.2. The summed E-state index contributed by atoms with van der Waals surface area (Å²) < 4.78 is 37.5. The molecule has 0 aliphatic heterocycles. The average Bonchev–Trinajstić information content (AvgIpc) is 2.47. The Kier molecular flexibility index (Phi) is 2.60. The Morgan fingerprint density at radius 3 is 2.64 bits per heavy atom. The van der Waals surface area contributed by atoms with Gasteiger partial charge in [-0.15, -0.1) is 6.42 Å². The molecular formula is C8H5F3N2O. The smallest absolute Gasteiger partial charge is 0.298 e. The number of aromatic nitrogens is 2. The number of hydrogen-bond donors (Lipinski definition) is 0. The zero-order chi connectivity index (χ0) is 10.8. The minimum atomic E-state index is -4.63. The van der Waals surface area contributed by atoms with E-state index in [9.17, 15) is 18.0 Å². The van der Waals surface area contributed by atoms with E-state index in [0.717, 1.165) is 10.9 Å². The van der Waals surface area contributed by atoms with Crippen molar-refractivity contribution in [1.82, 2.24) is 9.78 Å². The molecule has 3 nitrogen and oxygen atoms in total. The van der Waals surface area contributed by atoms with Crippen LogP contribution < -0.4 is 0 Å². The van der Waals surface area contributed by atoms with E-state index in [0.29, 0.717) is 0 Å². The van der Waals surface area contributed by atoms with Crippen LogP contribution in [0, 0.1) is 12.3 Å². The molecular weight excluding hydrogens is 197 g/mol. The molecule has 0 N–H and O–H groups in total. The molecule has 0 radical (unpaired) electrons. The molecule has 1 heterocycles. The van der Waals surface area contributed by atoms with E-state index in [1.54, 1.807) is 0 Å². The fraction of sp³-hybridized carbons (Fsp3) is 0.250. The van der Waals surface area contributed by atoms with Gasteiger partial charge in [0.2, 0.25) is 0 Å². The highest BCUT2D eigenvalue weighted by Crippen LogP contribution is 2.29. The third-order valence-corrected chi connectivity index (χ3v) is 1.44. The molecule has 0 fully saturated rings. The monoisotopic (exact) mass is 202 g/mol. The van der Waals surface area contributed by atoms with Gasteiger partial charge < -0.3 is 0 Å². The third-order valence-electron chi connectivity index (χ3n) is 1.44. The predicted octanol–water partition coefficient (Wildman–Crippen LogP) is 1.35. The summed E-state index contributed by atoms with van der Waals surface area (Å²) in [6.45, 7) is -0.100. The van der Waals surface area contributed by atoms with E-state index in [-0.39, 0.29) is 12.8 Å². The highest BCUT2D eigenvalue weighted by Gasteiger charge is 2.36. The summed E-state index contributed by atoms with van der Waals surface area (Å²) >= 11 is 0. The van der Waals surface area contributed by atoms with Gasteiger partial charge in [-0.25, -0.2) is 0 Å². The highest BCUT2D eigenvalue weighted by molar-refractivity contribution is 5.76. The minimum Gasteiger partial charge on any atom is -0.298 e. The third kappa shape index (κ3) is 1.93. The molecule has 1 aromatic rings. The van der Waals surface area contributed by atoms with Gasteiger partial charge in [-0.3, -0.25) is 9.48 Å². The number of terminal acetylenes is 1. The highest BCUT2D eigenvalue weighted by atomic mass is 19.4. The molecule has 0 amide bonds. The summed E-state index contributed by atoms with van der Waals surface area (Å²) in [6.07, 6.45) is 1.33. The fourth-order valence-corrected chi connectivity index (χ4v) is 0.918. The van der Waals surface area contributed by atoms with Crippen molar-refractivity contribution in [2.24, 2.45) is 0 Å². The van der Waals surface area contributed by atoms with Crippen molar-refractivity contribution in [3.8, 4) is 12.3 Å². The van der Waals surface area contributed by atoms with Gasteiger partial charge in [0, 0.05) is 6.20 Å². The molecule has 0 aromatic carbocycles. The van der Waals surface area contributed by atoms with Crippen LogP contribution in [0.4, 0.5) is 13.2 Å². The molecule has 0 saturated heterocycles. The molecule has 0 aliphatic rings. The predicted molar refractivity (Wildman–Crippen MR) is 41.4 cm³/mol. The van der Waals surface area contributed by atoms with Crippen molar-refractivity contribution in [2.75, 3.05) is 0 Å². The Morgan fingerprint density at radius 2 is 2.29 bits per heavy atom. The van der Waals surface area contributed by atoms with E-state index in [2.05, 4.69) is 11.0 Å². The summed E-state index contributed by atoms with van der Waals surface area (Å²) in [5.74, 6) is 2.12.